The molecule has 2 aromatic rings. The lowest BCUT2D eigenvalue weighted by atomic mass is 9.97. The maximum atomic E-state index is 12.9. The van der Waals surface area contributed by atoms with Gasteiger partial charge in [-0.15, -0.1) is 12.4 Å². The molecule has 0 fully saturated rings. The highest BCUT2D eigenvalue weighted by atomic mass is 35.5. The molecule has 158 valence electrons. The van der Waals surface area contributed by atoms with E-state index < -0.39 is 11.7 Å². The summed E-state index contributed by atoms with van der Waals surface area (Å²) in [6.45, 7) is 7.09. The number of rotatable bonds is 6. The summed E-state index contributed by atoms with van der Waals surface area (Å²) in [6.07, 6.45) is 0.672. The summed E-state index contributed by atoms with van der Waals surface area (Å²) in [5.74, 6) is 0.664. The van der Waals surface area contributed by atoms with Crippen molar-refractivity contribution in [3.8, 4) is 0 Å². The maximum absolute atomic E-state index is 12.9. The number of benzene rings is 2. The molecule has 2 aromatic carbocycles. The van der Waals surface area contributed by atoms with Crippen molar-refractivity contribution >= 4 is 18.0 Å². The Hall–Kier alpha value is -1.78. The van der Waals surface area contributed by atoms with Gasteiger partial charge < -0.3 is 0 Å². The summed E-state index contributed by atoms with van der Waals surface area (Å²) in [5, 5.41) is 0. The van der Waals surface area contributed by atoms with Crippen LogP contribution in [0.3, 0.4) is 0 Å². The van der Waals surface area contributed by atoms with E-state index in [1.165, 1.54) is 23.3 Å². The molecule has 1 heterocycles. The van der Waals surface area contributed by atoms with Crippen LogP contribution in [0.1, 0.15) is 42.5 Å². The number of hydrogen-bond acceptors (Lipinski definition) is 1. The second-order valence-corrected chi connectivity index (χ2v) is 8.02. The molecule has 0 N–H and O–H groups in total. The van der Waals surface area contributed by atoms with Crippen molar-refractivity contribution in [2.24, 2.45) is 5.92 Å². The van der Waals surface area contributed by atoms with Crippen LogP contribution in [0, 0.1) is 5.92 Å². The minimum Gasteiger partial charge on any atom is -0.299 e. The number of halogens is 4. The Bertz CT molecular complexity index is 810. The molecule has 0 aliphatic carbocycles. The molecule has 1 aliphatic rings. The maximum Gasteiger partial charge on any atom is 0.416 e. The predicted octanol–water partition coefficient (Wildman–Crippen LogP) is 6.66. The first-order chi connectivity index (χ1) is 13.3. The number of hydrogen-bond donors (Lipinski definition) is 0. The van der Waals surface area contributed by atoms with Gasteiger partial charge in [-0.05, 0) is 59.6 Å². The van der Waals surface area contributed by atoms with Crippen LogP contribution in [-0.2, 0) is 19.0 Å². The van der Waals surface area contributed by atoms with Crippen molar-refractivity contribution in [3.05, 3.63) is 76.9 Å². The molecule has 0 saturated heterocycles. The quantitative estimate of drug-likeness (QED) is 0.502. The van der Waals surface area contributed by atoms with E-state index in [1.807, 2.05) is 0 Å². The molecular weight excluding hydrogens is 395 g/mol. The normalized spacial score (nSPS) is 15.2. The predicted molar refractivity (Wildman–Crippen MR) is 116 cm³/mol. The molecule has 3 rings (SSSR count). The molecule has 1 nitrogen and oxygen atoms in total. The lowest BCUT2D eigenvalue weighted by Gasteiger charge is -2.26. The molecule has 29 heavy (non-hydrogen) atoms. The first-order valence-corrected chi connectivity index (χ1v) is 9.98. The van der Waals surface area contributed by atoms with Gasteiger partial charge in [-0.25, -0.2) is 0 Å². The van der Waals surface area contributed by atoms with Crippen LogP contribution in [0.25, 0.3) is 5.57 Å². The van der Waals surface area contributed by atoms with E-state index in [2.05, 4.69) is 49.1 Å². The first-order valence-electron chi connectivity index (χ1n) is 9.98. The Balaban J connectivity index is 0.00000300. The van der Waals surface area contributed by atoms with Gasteiger partial charge in [0.25, 0.3) is 0 Å². The van der Waals surface area contributed by atoms with Crippen molar-refractivity contribution in [1.82, 2.24) is 4.90 Å². The Morgan fingerprint density at radius 3 is 2.28 bits per heavy atom. The van der Waals surface area contributed by atoms with Gasteiger partial charge in [0.2, 0.25) is 0 Å². The number of alkyl halides is 3. The molecule has 0 unspecified atom stereocenters. The van der Waals surface area contributed by atoms with Gasteiger partial charge in [-0.1, -0.05) is 56.3 Å². The van der Waals surface area contributed by atoms with Gasteiger partial charge in [-0.2, -0.15) is 13.2 Å². The van der Waals surface area contributed by atoms with E-state index in [0.29, 0.717) is 11.5 Å². The smallest absolute Gasteiger partial charge is 0.299 e. The van der Waals surface area contributed by atoms with Crippen molar-refractivity contribution in [2.75, 3.05) is 19.6 Å². The molecule has 1 aliphatic heterocycles. The topological polar surface area (TPSA) is 3.24 Å². The van der Waals surface area contributed by atoms with Gasteiger partial charge in [0.05, 0.1) is 5.56 Å². The summed E-state index contributed by atoms with van der Waals surface area (Å²) in [7, 11) is 0. The number of nitrogens with zero attached hydrogens (tertiary/aromatic N) is 1. The monoisotopic (exact) mass is 423 g/mol. The van der Waals surface area contributed by atoms with Crippen LogP contribution in [0.2, 0.25) is 0 Å². The second kappa shape index (κ2) is 10.3. The second-order valence-electron chi connectivity index (χ2n) is 8.02. The first kappa shape index (κ1) is 23.5. The van der Waals surface area contributed by atoms with Gasteiger partial charge in [0.15, 0.2) is 0 Å². The molecular formula is C24H29ClF3N. The van der Waals surface area contributed by atoms with Crippen LogP contribution in [0.4, 0.5) is 13.2 Å². The van der Waals surface area contributed by atoms with Crippen molar-refractivity contribution in [2.45, 2.75) is 39.3 Å². The minimum atomic E-state index is -4.29. The van der Waals surface area contributed by atoms with E-state index in [4.69, 9.17) is 0 Å². The van der Waals surface area contributed by atoms with E-state index in [9.17, 15) is 13.2 Å². The Labute approximate surface area is 178 Å². The van der Waals surface area contributed by atoms with Crippen molar-refractivity contribution in [1.29, 1.82) is 0 Å². The third kappa shape index (κ3) is 6.90. The fourth-order valence-electron chi connectivity index (χ4n) is 3.67. The van der Waals surface area contributed by atoms with Crippen LogP contribution >= 0.6 is 12.4 Å². The van der Waals surface area contributed by atoms with Crippen molar-refractivity contribution < 1.29 is 13.2 Å². The van der Waals surface area contributed by atoms with Gasteiger partial charge >= 0.3 is 6.18 Å². The van der Waals surface area contributed by atoms with Crippen LogP contribution < -0.4 is 0 Å². The van der Waals surface area contributed by atoms with Crippen molar-refractivity contribution in [3.63, 3.8) is 0 Å². The summed E-state index contributed by atoms with van der Waals surface area (Å²) in [6, 6.07) is 14.5. The SMILES string of the molecule is CC(C)Cc1ccc(CCN2CC=C(c3cccc(C(F)(F)F)c3)CC2)cc1.Cl. The van der Waals surface area contributed by atoms with Gasteiger partial charge in [0, 0.05) is 19.6 Å². The van der Waals surface area contributed by atoms with E-state index in [-0.39, 0.29) is 12.4 Å². The van der Waals surface area contributed by atoms with E-state index in [0.717, 1.165) is 50.5 Å². The highest BCUT2D eigenvalue weighted by molar-refractivity contribution is 5.85. The zero-order valence-corrected chi connectivity index (χ0v) is 17.8. The standard InChI is InChI=1S/C24H28F3N.ClH/c1-18(2)16-20-8-6-19(7-9-20)10-13-28-14-11-21(12-15-28)22-4-3-5-23(17-22)24(25,26)27;/h3-9,11,17-18H,10,12-16H2,1-2H3;1H. The lowest BCUT2D eigenvalue weighted by molar-refractivity contribution is -0.137. The molecule has 5 heteroatoms. The third-order valence-corrected chi connectivity index (χ3v) is 5.24. The summed E-state index contributed by atoms with van der Waals surface area (Å²) in [5.41, 5.74) is 3.84. The zero-order valence-electron chi connectivity index (χ0n) is 17.0. The highest BCUT2D eigenvalue weighted by Gasteiger charge is 2.30. The molecule has 0 aromatic heterocycles. The van der Waals surface area contributed by atoms with E-state index in [1.54, 1.807) is 6.07 Å². The molecule has 0 amide bonds. The molecule has 0 atom stereocenters. The van der Waals surface area contributed by atoms with Gasteiger partial charge in [0.1, 0.15) is 0 Å². The Kier molecular flexibility index (Phi) is 8.35. The van der Waals surface area contributed by atoms with E-state index >= 15 is 0 Å². The van der Waals surface area contributed by atoms with Crippen LogP contribution in [0.5, 0.6) is 0 Å². The molecule has 0 bridgehead atoms. The molecule has 0 radical (unpaired) electrons. The Morgan fingerprint density at radius 1 is 1.00 bits per heavy atom. The largest absolute Gasteiger partial charge is 0.416 e. The van der Waals surface area contributed by atoms with Crippen LogP contribution in [-0.4, -0.2) is 24.5 Å². The third-order valence-electron chi connectivity index (χ3n) is 5.24. The summed E-state index contributed by atoms with van der Waals surface area (Å²) < 4.78 is 38.8. The lowest BCUT2D eigenvalue weighted by Crippen LogP contribution is -2.30. The fourth-order valence-corrected chi connectivity index (χ4v) is 3.67. The van der Waals surface area contributed by atoms with Gasteiger partial charge in [-0.3, -0.25) is 4.90 Å². The highest BCUT2D eigenvalue weighted by Crippen LogP contribution is 2.32. The Morgan fingerprint density at radius 2 is 1.69 bits per heavy atom. The fraction of sp³-hybridized carbons (Fsp3) is 0.417. The molecule has 0 spiro atoms. The van der Waals surface area contributed by atoms with Crippen LogP contribution in [0.15, 0.2) is 54.6 Å². The summed E-state index contributed by atoms with van der Waals surface area (Å²) >= 11 is 0. The summed E-state index contributed by atoms with van der Waals surface area (Å²) in [4.78, 5) is 2.36. The minimum absolute atomic E-state index is 0. The average molecular weight is 424 g/mol. The average Bonchev–Trinajstić information content (AvgIpc) is 2.67. The zero-order chi connectivity index (χ0) is 20.1. The molecule has 0 saturated carbocycles.